The van der Waals surface area contributed by atoms with E-state index in [1.165, 1.54) is 0 Å². The fourth-order valence-corrected chi connectivity index (χ4v) is 1.30. The Morgan fingerprint density at radius 1 is 1.53 bits per heavy atom. The van der Waals surface area contributed by atoms with Crippen LogP contribution in [0.15, 0.2) is 4.52 Å². The predicted octanol–water partition coefficient (Wildman–Crippen LogP) is 1.32. The van der Waals surface area contributed by atoms with Gasteiger partial charge < -0.3 is 14.6 Å². The Labute approximate surface area is 90.2 Å². The molecule has 1 N–H and O–H groups in total. The Bertz CT molecular complexity index is 284. The van der Waals surface area contributed by atoms with E-state index in [0.29, 0.717) is 11.9 Å². The molecule has 0 aliphatic carbocycles. The van der Waals surface area contributed by atoms with Crippen molar-refractivity contribution in [3.05, 3.63) is 11.7 Å². The molecule has 0 aliphatic heterocycles. The molecule has 0 bridgehead atoms. The topological polar surface area (TPSA) is 60.2 Å². The highest BCUT2D eigenvalue weighted by Gasteiger charge is 2.16. The Morgan fingerprint density at radius 3 is 2.80 bits per heavy atom. The average Bonchev–Trinajstić information content (AvgIpc) is 2.68. The van der Waals surface area contributed by atoms with Crippen molar-refractivity contribution < 1.29 is 9.26 Å². The summed E-state index contributed by atoms with van der Waals surface area (Å²) >= 11 is 0. The smallest absolute Gasteiger partial charge is 0.255 e. The van der Waals surface area contributed by atoms with E-state index in [0.717, 1.165) is 18.7 Å². The monoisotopic (exact) mass is 213 g/mol. The van der Waals surface area contributed by atoms with E-state index in [2.05, 4.69) is 22.4 Å². The third kappa shape index (κ3) is 3.28. The lowest BCUT2D eigenvalue weighted by molar-refractivity contribution is 0.0706. The standard InChI is InChI=1S/C10H19N3O2/c1-5-8(14-4)10-12-9(13-15-10)6-7(2)11-3/h7-8,11H,5-6H2,1-4H3. The highest BCUT2D eigenvalue weighted by atomic mass is 16.5. The molecule has 0 fully saturated rings. The molecule has 1 rings (SSSR count). The lowest BCUT2D eigenvalue weighted by Gasteiger charge is -2.06. The second kappa shape index (κ2) is 5.82. The molecule has 1 aromatic heterocycles. The zero-order valence-electron chi connectivity index (χ0n) is 9.78. The summed E-state index contributed by atoms with van der Waals surface area (Å²) in [7, 11) is 3.56. The van der Waals surface area contributed by atoms with Crippen LogP contribution in [0.25, 0.3) is 0 Å². The number of nitrogens with one attached hydrogen (secondary N) is 1. The van der Waals surface area contributed by atoms with Gasteiger partial charge >= 0.3 is 0 Å². The first-order valence-electron chi connectivity index (χ1n) is 5.23. The van der Waals surface area contributed by atoms with E-state index in [9.17, 15) is 0 Å². The number of rotatable bonds is 6. The average molecular weight is 213 g/mol. The Hall–Kier alpha value is -0.940. The molecule has 5 heteroatoms. The van der Waals surface area contributed by atoms with Crippen LogP contribution in [0.3, 0.4) is 0 Å². The summed E-state index contributed by atoms with van der Waals surface area (Å²) in [5.41, 5.74) is 0. The molecule has 1 aromatic rings. The molecule has 2 unspecified atom stereocenters. The maximum atomic E-state index is 5.22. The van der Waals surface area contributed by atoms with Gasteiger partial charge in [-0.05, 0) is 20.4 Å². The van der Waals surface area contributed by atoms with Crippen molar-refractivity contribution in [2.24, 2.45) is 0 Å². The number of likely N-dealkylation sites (N-methyl/N-ethyl adjacent to an activating group) is 1. The summed E-state index contributed by atoms with van der Waals surface area (Å²) in [6.07, 6.45) is 1.51. The van der Waals surface area contributed by atoms with Gasteiger partial charge in [0.05, 0.1) is 0 Å². The summed E-state index contributed by atoms with van der Waals surface area (Å²) in [5, 5.41) is 7.04. The van der Waals surface area contributed by atoms with Crippen molar-refractivity contribution in [1.29, 1.82) is 0 Å². The molecule has 0 aliphatic rings. The highest BCUT2D eigenvalue weighted by molar-refractivity contribution is 4.92. The van der Waals surface area contributed by atoms with Crippen molar-refractivity contribution in [2.45, 2.75) is 38.8 Å². The van der Waals surface area contributed by atoms with Crippen LogP contribution in [0, 0.1) is 0 Å². The number of hydrogen-bond donors (Lipinski definition) is 1. The number of methoxy groups -OCH3 is 1. The van der Waals surface area contributed by atoms with Crippen molar-refractivity contribution >= 4 is 0 Å². The minimum Gasteiger partial charge on any atom is -0.372 e. The van der Waals surface area contributed by atoms with Gasteiger partial charge in [0.2, 0.25) is 0 Å². The van der Waals surface area contributed by atoms with Crippen LogP contribution in [-0.2, 0) is 11.2 Å². The quantitative estimate of drug-likeness (QED) is 0.772. The van der Waals surface area contributed by atoms with Crippen LogP contribution in [0.1, 0.15) is 38.1 Å². The van der Waals surface area contributed by atoms with Gasteiger partial charge in [-0.2, -0.15) is 4.98 Å². The van der Waals surface area contributed by atoms with Gasteiger partial charge in [0.15, 0.2) is 5.82 Å². The molecule has 2 atom stereocenters. The second-order valence-electron chi connectivity index (χ2n) is 3.58. The lowest BCUT2D eigenvalue weighted by atomic mass is 10.2. The van der Waals surface area contributed by atoms with Crippen molar-refractivity contribution in [3.8, 4) is 0 Å². The Kier molecular flexibility index (Phi) is 4.71. The van der Waals surface area contributed by atoms with E-state index < -0.39 is 0 Å². The van der Waals surface area contributed by atoms with Gasteiger partial charge in [0.1, 0.15) is 6.10 Å². The van der Waals surface area contributed by atoms with Gasteiger partial charge in [0, 0.05) is 19.6 Å². The third-order valence-electron chi connectivity index (χ3n) is 2.40. The molecule has 0 aromatic carbocycles. The van der Waals surface area contributed by atoms with E-state index in [-0.39, 0.29) is 6.10 Å². The molecular weight excluding hydrogens is 194 g/mol. The molecule has 86 valence electrons. The zero-order valence-corrected chi connectivity index (χ0v) is 9.78. The number of nitrogens with zero attached hydrogens (tertiary/aromatic N) is 2. The SMILES string of the molecule is CCC(OC)c1nc(CC(C)NC)no1. The third-order valence-corrected chi connectivity index (χ3v) is 2.40. The lowest BCUT2D eigenvalue weighted by Crippen LogP contribution is -2.24. The van der Waals surface area contributed by atoms with E-state index in [1.54, 1.807) is 7.11 Å². The molecular formula is C10H19N3O2. The molecule has 0 amide bonds. The maximum Gasteiger partial charge on any atom is 0.255 e. The largest absolute Gasteiger partial charge is 0.372 e. The van der Waals surface area contributed by atoms with Crippen molar-refractivity contribution in [2.75, 3.05) is 14.2 Å². The second-order valence-corrected chi connectivity index (χ2v) is 3.58. The first kappa shape index (κ1) is 12.1. The van der Waals surface area contributed by atoms with Gasteiger partial charge in [-0.25, -0.2) is 0 Å². The summed E-state index contributed by atoms with van der Waals surface area (Å²) in [4.78, 5) is 4.30. The van der Waals surface area contributed by atoms with Crippen LogP contribution in [-0.4, -0.2) is 30.3 Å². The summed E-state index contributed by atoms with van der Waals surface area (Å²) in [6.45, 7) is 4.10. The van der Waals surface area contributed by atoms with Crippen LogP contribution < -0.4 is 5.32 Å². The number of hydrogen-bond acceptors (Lipinski definition) is 5. The van der Waals surface area contributed by atoms with Gasteiger partial charge in [0.25, 0.3) is 5.89 Å². The van der Waals surface area contributed by atoms with Crippen LogP contribution >= 0.6 is 0 Å². The van der Waals surface area contributed by atoms with Crippen LogP contribution in [0.2, 0.25) is 0 Å². The molecule has 0 spiro atoms. The summed E-state index contributed by atoms with van der Waals surface area (Å²) in [6, 6.07) is 0.345. The highest BCUT2D eigenvalue weighted by Crippen LogP contribution is 2.17. The van der Waals surface area contributed by atoms with Crippen LogP contribution in [0.4, 0.5) is 0 Å². The molecule has 1 heterocycles. The van der Waals surface area contributed by atoms with Crippen LogP contribution in [0.5, 0.6) is 0 Å². The minimum atomic E-state index is -0.0869. The predicted molar refractivity (Wildman–Crippen MR) is 56.6 cm³/mol. The van der Waals surface area contributed by atoms with Gasteiger partial charge in [-0.1, -0.05) is 12.1 Å². The van der Waals surface area contributed by atoms with Gasteiger partial charge in [-0.15, -0.1) is 0 Å². The molecule has 5 nitrogen and oxygen atoms in total. The molecule has 15 heavy (non-hydrogen) atoms. The fourth-order valence-electron chi connectivity index (χ4n) is 1.30. The van der Waals surface area contributed by atoms with E-state index >= 15 is 0 Å². The summed E-state index contributed by atoms with van der Waals surface area (Å²) in [5.74, 6) is 1.29. The van der Waals surface area contributed by atoms with Crippen molar-refractivity contribution in [1.82, 2.24) is 15.5 Å². The molecule has 0 saturated heterocycles. The van der Waals surface area contributed by atoms with E-state index in [1.807, 2.05) is 14.0 Å². The van der Waals surface area contributed by atoms with Crippen molar-refractivity contribution in [3.63, 3.8) is 0 Å². The fraction of sp³-hybridized carbons (Fsp3) is 0.800. The first-order valence-corrected chi connectivity index (χ1v) is 5.23. The Balaban J connectivity index is 2.63. The minimum absolute atomic E-state index is 0.0869. The maximum absolute atomic E-state index is 5.22. The van der Waals surface area contributed by atoms with E-state index in [4.69, 9.17) is 9.26 Å². The number of aromatic nitrogens is 2. The zero-order chi connectivity index (χ0) is 11.3. The van der Waals surface area contributed by atoms with Gasteiger partial charge in [-0.3, -0.25) is 0 Å². The first-order chi connectivity index (χ1) is 7.21. The number of ether oxygens (including phenoxy) is 1. The molecule has 0 radical (unpaired) electrons. The summed E-state index contributed by atoms with van der Waals surface area (Å²) < 4.78 is 10.4. The normalized spacial score (nSPS) is 15.2. The molecule has 0 saturated carbocycles. The Morgan fingerprint density at radius 2 is 2.27 bits per heavy atom.